The van der Waals surface area contributed by atoms with Crippen LogP contribution in [-0.4, -0.2) is 21.1 Å². The summed E-state index contributed by atoms with van der Waals surface area (Å²) in [5, 5.41) is 12.2. The van der Waals surface area contributed by atoms with Gasteiger partial charge in [0.1, 0.15) is 0 Å². The predicted octanol–water partition coefficient (Wildman–Crippen LogP) is 5.44. The Morgan fingerprint density at radius 1 is 1.16 bits per heavy atom. The van der Waals surface area contributed by atoms with Crippen molar-refractivity contribution < 1.29 is 0 Å². The standard InChI is InChI=1S/C19H19ClN4S/c1-19(2,3)15-9-7-14(8-10-15)17-22-23-18(25)24(17)21-12-13-5-4-6-16(20)11-13/h4-12H,1-3H3,(H,23,25). The fraction of sp³-hybridized carbons (Fsp3) is 0.211. The molecule has 0 aliphatic heterocycles. The molecule has 1 aromatic heterocycles. The van der Waals surface area contributed by atoms with Crippen LogP contribution < -0.4 is 0 Å². The van der Waals surface area contributed by atoms with E-state index in [1.54, 1.807) is 10.9 Å². The first-order valence-corrected chi connectivity index (χ1v) is 8.71. The molecule has 0 unspecified atom stereocenters. The van der Waals surface area contributed by atoms with Gasteiger partial charge in [-0.05, 0) is 40.9 Å². The van der Waals surface area contributed by atoms with Crippen LogP contribution in [0.15, 0.2) is 53.6 Å². The molecule has 4 nitrogen and oxygen atoms in total. The van der Waals surface area contributed by atoms with Crippen molar-refractivity contribution in [2.24, 2.45) is 5.10 Å². The van der Waals surface area contributed by atoms with E-state index >= 15 is 0 Å². The van der Waals surface area contributed by atoms with Crippen molar-refractivity contribution in [2.45, 2.75) is 26.2 Å². The molecule has 1 N–H and O–H groups in total. The highest BCUT2D eigenvalue weighted by atomic mass is 35.5. The van der Waals surface area contributed by atoms with Gasteiger partial charge in [-0.3, -0.25) is 0 Å². The van der Waals surface area contributed by atoms with Crippen molar-refractivity contribution in [3.8, 4) is 11.4 Å². The number of halogens is 1. The van der Waals surface area contributed by atoms with Gasteiger partial charge in [0.15, 0.2) is 5.82 Å². The molecule has 0 amide bonds. The summed E-state index contributed by atoms with van der Waals surface area (Å²) in [6.07, 6.45) is 1.71. The van der Waals surface area contributed by atoms with Gasteiger partial charge in [0.25, 0.3) is 0 Å². The molecule has 0 spiro atoms. The van der Waals surface area contributed by atoms with E-state index in [0.717, 1.165) is 11.1 Å². The van der Waals surface area contributed by atoms with Gasteiger partial charge in [-0.25, -0.2) is 5.10 Å². The number of benzene rings is 2. The Balaban J connectivity index is 1.96. The summed E-state index contributed by atoms with van der Waals surface area (Å²) in [6, 6.07) is 15.8. The summed E-state index contributed by atoms with van der Waals surface area (Å²) in [7, 11) is 0. The predicted molar refractivity (Wildman–Crippen MR) is 106 cm³/mol. The van der Waals surface area contributed by atoms with Gasteiger partial charge < -0.3 is 0 Å². The summed E-state index contributed by atoms with van der Waals surface area (Å²) in [5.41, 5.74) is 3.21. The monoisotopic (exact) mass is 370 g/mol. The quantitative estimate of drug-likeness (QED) is 0.492. The molecular formula is C19H19ClN4S. The molecule has 1 heterocycles. The van der Waals surface area contributed by atoms with Gasteiger partial charge >= 0.3 is 0 Å². The average Bonchev–Trinajstić information content (AvgIpc) is 2.93. The summed E-state index contributed by atoms with van der Waals surface area (Å²) >= 11 is 11.3. The van der Waals surface area contributed by atoms with Crippen LogP contribution in [-0.2, 0) is 5.41 Å². The maximum atomic E-state index is 6.01. The highest BCUT2D eigenvalue weighted by Crippen LogP contribution is 2.25. The molecule has 25 heavy (non-hydrogen) atoms. The highest BCUT2D eigenvalue weighted by Gasteiger charge is 2.14. The average molecular weight is 371 g/mol. The van der Waals surface area contributed by atoms with Crippen molar-refractivity contribution in [2.75, 3.05) is 0 Å². The Morgan fingerprint density at radius 3 is 2.52 bits per heavy atom. The molecule has 0 saturated heterocycles. The lowest BCUT2D eigenvalue weighted by Gasteiger charge is -2.18. The van der Waals surface area contributed by atoms with Gasteiger partial charge in [0.05, 0.1) is 6.21 Å². The number of hydrogen-bond donors (Lipinski definition) is 1. The molecule has 0 aliphatic rings. The molecule has 3 aromatic rings. The fourth-order valence-corrected chi connectivity index (χ4v) is 2.79. The minimum Gasteiger partial charge on any atom is -0.250 e. The maximum absolute atomic E-state index is 6.01. The Kier molecular flexibility index (Phi) is 4.88. The third-order valence-electron chi connectivity index (χ3n) is 3.83. The second-order valence-corrected chi connectivity index (χ2v) is 7.61. The van der Waals surface area contributed by atoms with Gasteiger partial charge in [0.2, 0.25) is 4.77 Å². The van der Waals surface area contributed by atoms with Crippen LogP contribution in [0, 0.1) is 4.77 Å². The topological polar surface area (TPSA) is 46.0 Å². The van der Waals surface area contributed by atoms with Gasteiger partial charge in [0, 0.05) is 10.6 Å². The Hall–Kier alpha value is -2.24. The molecular weight excluding hydrogens is 352 g/mol. The minimum absolute atomic E-state index is 0.105. The number of aromatic nitrogens is 3. The van der Waals surface area contributed by atoms with E-state index in [-0.39, 0.29) is 5.41 Å². The number of H-pyrrole nitrogens is 1. The smallest absolute Gasteiger partial charge is 0.216 e. The molecule has 0 atom stereocenters. The second kappa shape index (κ2) is 6.94. The van der Waals surface area contributed by atoms with E-state index in [4.69, 9.17) is 23.8 Å². The summed E-state index contributed by atoms with van der Waals surface area (Å²) in [4.78, 5) is 0. The van der Waals surface area contributed by atoms with Gasteiger partial charge in [-0.1, -0.05) is 68.8 Å². The van der Waals surface area contributed by atoms with Crippen LogP contribution in [0.2, 0.25) is 5.02 Å². The molecule has 2 aromatic carbocycles. The first kappa shape index (κ1) is 17.6. The van der Waals surface area contributed by atoms with Crippen molar-refractivity contribution in [1.29, 1.82) is 0 Å². The van der Waals surface area contributed by atoms with Crippen molar-refractivity contribution >= 4 is 30.0 Å². The van der Waals surface area contributed by atoms with Crippen LogP contribution in [0.4, 0.5) is 0 Å². The maximum Gasteiger partial charge on any atom is 0.216 e. The molecule has 0 bridgehead atoms. The van der Waals surface area contributed by atoms with E-state index in [1.807, 2.05) is 36.4 Å². The normalized spacial score (nSPS) is 12.0. The Labute approximate surface area is 157 Å². The third kappa shape index (κ3) is 4.06. The lowest BCUT2D eigenvalue weighted by molar-refractivity contribution is 0.590. The molecule has 0 aliphatic carbocycles. The zero-order chi connectivity index (χ0) is 18.0. The summed E-state index contributed by atoms with van der Waals surface area (Å²) < 4.78 is 2.05. The number of aromatic amines is 1. The van der Waals surface area contributed by atoms with Crippen LogP contribution in [0.1, 0.15) is 31.9 Å². The van der Waals surface area contributed by atoms with E-state index in [0.29, 0.717) is 15.6 Å². The summed E-state index contributed by atoms with van der Waals surface area (Å²) in [5.74, 6) is 0.670. The van der Waals surface area contributed by atoms with E-state index in [1.165, 1.54) is 5.56 Å². The van der Waals surface area contributed by atoms with Crippen molar-refractivity contribution in [3.63, 3.8) is 0 Å². The molecule has 6 heteroatoms. The van der Waals surface area contributed by atoms with Crippen LogP contribution >= 0.6 is 23.8 Å². The SMILES string of the molecule is CC(C)(C)c1ccc(-c2n[nH]c(=S)n2N=Cc2cccc(Cl)c2)cc1. The number of nitrogens with zero attached hydrogens (tertiary/aromatic N) is 3. The fourth-order valence-electron chi connectivity index (χ4n) is 2.42. The molecule has 0 saturated carbocycles. The van der Waals surface area contributed by atoms with Crippen molar-refractivity contribution in [3.05, 3.63) is 69.5 Å². The van der Waals surface area contributed by atoms with Gasteiger partial charge in [-0.2, -0.15) is 14.9 Å². The summed E-state index contributed by atoms with van der Waals surface area (Å²) in [6.45, 7) is 6.56. The minimum atomic E-state index is 0.105. The van der Waals surface area contributed by atoms with Crippen LogP contribution in [0.25, 0.3) is 11.4 Å². The van der Waals surface area contributed by atoms with Crippen molar-refractivity contribution in [1.82, 2.24) is 14.9 Å². The lowest BCUT2D eigenvalue weighted by Crippen LogP contribution is -2.10. The number of hydrogen-bond acceptors (Lipinski definition) is 3. The van der Waals surface area contributed by atoms with E-state index in [9.17, 15) is 0 Å². The first-order chi connectivity index (χ1) is 11.8. The second-order valence-electron chi connectivity index (χ2n) is 6.79. The number of rotatable bonds is 3. The lowest BCUT2D eigenvalue weighted by atomic mass is 9.87. The Morgan fingerprint density at radius 2 is 1.88 bits per heavy atom. The number of nitrogens with one attached hydrogen (secondary N) is 1. The van der Waals surface area contributed by atoms with Crippen LogP contribution in [0.3, 0.4) is 0 Å². The highest BCUT2D eigenvalue weighted by molar-refractivity contribution is 7.71. The van der Waals surface area contributed by atoms with Gasteiger partial charge in [-0.15, -0.1) is 0 Å². The Bertz CT molecular complexity index is 962. The van der Waals surface area contributed by atoms with E-state index in [2.05, 4.69) is 48.2 Å². The first-order valence-electron chi connectivity index (χ1n) is 7.93. The largest absolute Gasteiger partial charge is 0.250 e. The van der Waals surface area contributed by atoms with Crippen LogP contribution in [0.5, 0.6) is 0 Å². The molecule has 0 fully saturated rings. The molecule has 128 valence electrons. The third-order valence-corrected chi connectivity index (χ3v) is 4.33. The zero-order valence-electron chi connectivity index (χ0n) is 14.3. The molecule has 0 radical (unpaired) electrons. The van der Waals surface area contributed by atoms with E-state index < -0.39 is 0 Å². The molecule has 3 rings (SSSR count). The zero-order valence-corrected chi connectivity index (χ0v) is 15.9.